The van der Waals surface area contributed by atoms with Gasteiger partial charge in [-0.05, 0) is 57.6 Å². The highest BCUT2D eigenvalue weighted by Gasteiger charge is 2.15. The fraction of sp³-hybridized carbons (Fsp3) is 0.696. The number of hydrogen-bond acceptors (Lipinski definition) is 7. The van der Waals surface area contributed by atoms with Crippen LogP contribution in [0, 0.1) is 0 Å². The quantitative estimate of drug-likeness (QED) is 0.550. The number of nitrogens with zero attached hydrogens (tertiary/aromatic N) is 2. The van der Waals surface area contributed by atoms with Crippen molar-refractivity contribution in [2.24, 2.45) is 0 Å². The average Bonchev–Trinajstić information content (AvgIpc) is 2.68. The molecule has 1 aromatic rings. The molecular formula is C23H38N2O5. The molecule has 2 rings (SSSR count). The third-order valence-corrected chi connectivity index (χ3v) is 5.23. The number of ether oxygens (including phenoxy) is 3. The van der Waals surface area contributed by atoms with Crippen molar-refractivity contribution in [1.82, 2.24) is 9.80 Å². The van der Waals surface area contributed by atoms with Gasteiger partial charge >= 0.3 is 5.97 Å². The monoisotopic (exact) mass is 422 g/mol. The van der Waals surface area contributed by atoms with Crippen LogP contribution in [-0.4, -0.2) is 80.5 Å². The normalized spacial score (nSPS) is 16.6. The van der Waals surface area contributed by atoms with Gasteiger partial charge in [-0.3, -0.25) is 9.69 Å². The Hall–Kier alpha value is -1.83. The Kier molecular flexibility index (Phi) is 11.0. The standard InChI is InChI=1S/C23H38N2O5/c1-4-29-23(27)17-24(2)15-19-10-11-21(22(14-19)28-3)30-18-20(26)16-25-12-8-6-5-7-9-13-25/h10-11,14,20,26H,4-9,12-13,15-18H2,1-3H3. The van der Waals surface area contributed by atoms with Gasteiger partial charge in [0.25, 0.3) is 0 Å². The zero-order chi connectivity index (χ0) is 21.8. The van der Waals surface area contributed by atoms with Crippen LogP contribution in [0.3, 0.4) is 0 Å². The number of carbonyl (C=O) groups excluding carboxylic acids is 1. The molecule has 1 atom stereocenters. The summed E-state index contributed by atoms with van der Waals surface area (Å²) in [6.45, 7) is 5.98. The summed E-state index contributed by atoms with van der Waals surface area (Å²) in [5.41, 5.74) is 1.01. The summed E-state index contributed by atoms with van der Waals surface area (Å²) in [4.78, 5) is 15.8. The second-order valence-electron chi connectivity index (χ2n) is 8.00. The van der Waals surface area contributed by atoms with Gasteiger partial charge in [-0.25, -0.2) is 0 Å². The molecule has 0 bridgehead atoms. The Bertz CT molecular complexity index is 632. The number of likely N-dealkylation sites (tertiary alicyclic amines) is 1. The molecule has 7 heteroatoms. The van der Waals surface area contributed by atoms with Crippen LogP contribution in [0.4, 0.5) is 0 Å². The van der Waals surface area contributed by atoms with E-state index in [1.165, 1.54) is 32.1 Å². The number of rotatable bonds is 11. The summed E-state index contributed by atoms with van der Waals surface area (Å²) in [5.74, 6) is 0.998. The minimum Gasteiger partial charge on any atom is -0.493 e. The van der Waals surface area contributed by atoms with Crippen LogP contribution in [0.1, 0.15) is 44.6 Å². The molecule has 0 saturated carbocycles. The van der Waals surface area contributed by atoms with E-state index in [0.29, 0.717) is 31.2 Å². The third kappa shape index (κ3) is 8.90. The van der Waals surface area contributed by atoms with Crippen molar-refractivity contribution in [2.45, 2.75) is 51.7 Å². The zero-order valence-corrected chi connectivity index (χ0v) is 18.8. The lowest BCUT2D eigenvalue weighted by atomic mass is 10.1. The minimum absolute atomic E-state index is 0.231. The van der Waals surface area contributed by atoms with Crippen molar-refractivity contribution in [1.29, 1.82) is 0 Å². The van der Waals surface area contributed by atoms with Crippen LogP contribution in [0.5, 0.6) is 11.5 Å². The lowest BCUT2D eigenvalue weighted by Crippen LogP contribution is -2.37. The molecule has 170 valence electrons. The number of aliphatic hydroxyl groups excluding tert-OH is 1. The molecule has 1 heterocycles. The molecule has 1 aliphatic heterocycles. The molecule has 1 N–H and O–H groups in total. The number of methoxy groups -OCH3 is 1. The number of esters is 1. The number of β-amino-alcohol motifs (C(OH)–C–C–N with tert-alkyl or cyclic N) is 1. The van der Waals surface area contributed by atoms with Crippen molar-refractivity contribution in [3.63, 3.8) is 0 Å². The van der Waals surface area contributed by atoms with Crippen LogP contribution in [-0.2, 0) is 16.1 Å². The second-order valence-corrected chi connectivity index (χ2v) is 8.00. The van der Waals surface area contributed by atoms with Crippen LogP contribution in [0.15, 0.2) is 18.2 Å². The molecular weight excluding hydrogens is 384 g/mol. The van der Waals surface area contributed by atoms with Crippen molar-refractivity contribution in [2.75, 3.05) is 53.6 Å². The van der Waals surface area contributed by atoms with Crippen LogP contribution in [0.25, 0.3) is 0 Å². The third-order valence-electron chi connectivity index (χ3n) is 5.23. The van der Waals surface area contributed by atoms with Gasteiger partial charge in [0.1, 0.15) is 12.7 Å². The van der Waals surface area contributed by atoms with Gasteiger partial charge in [0.2, 0.25) is 0 Å². The Morgan fingerprint density at radius 3 is 2.53 bits per heavy atom. The summed E-state index contributed by atoms with van der Waals surface area (Å²) >= 11 is 0. The van der Waals surface area contributed by atoms with Gasteiger partial charge in [0.05, 0.1) is 20.3 Å². The van der Waals surface area contributed by atoms with Gasteiger partial charge < -0.3 is 24.2 Å². The van der Waals surface area contributed by atoms with E-state index in [4.69, 9.17) is 14.2 Å². The van der Waals surface area contributed by atoms with Gasteiger partial charge in [0.15, 0.2) is 11.5 Å². The Labute approximate surface area is 180 Å². The largest absolute Gasteiger partial charge is 0.493 e. The fourth-order valence-corrected chi connectivity index (χ4v) is 3.76. The van der Waals surface area contributed by atoms with E-state index in [1.807, 2.05) is 30.1 Å². The highest BCUT2D eigenvalue weighted by Crippen LogP contribution is 2.28. The molecule has 0 spiro atoms. The zero-order valence-electron chi connectivity index (χ0n) is 18.8. The van der Waals surface area contributed by atoms with E-state index in [-0.39, 0.29) is 19.1 Å². The molecule has 1 unspecified atom stereocenters. The molecule has 1 saturated heterocycles. The molecule has 1 aromatic carbocycles. The van der Waals surface area contributed by atoms with E-state index >= 15 is 0 Å². The van der Waals surface area contributed by atoms with E-state index in [2.05, 4.69) is 4.90 Å². The maximum absolute atomic E-state index is 11.6. The number of likely N-dealkylation sites (N-methyl/N-ethyl adjacent to an activating group) is 1. The first-order valence-corrected chi connectivity index (χ1v) is 11.1. The molecule has 30 heavy (non-hydrogen) atoms. The average molecular weight is 423 g/mol. The van der Waals surface area contributed by atoms with E-state index in [1.54, 1.807) is 14.0 Å². The van der Waals surface area contributed by atoms with Gasteiger partial charge in [-0.15, -0.1) is 0 Å². The Balaban J connectivity index is 1.84. The van der Waals surface area contributed by atoms with E-state index in [9.17, 15) is 9.90 Å². The highest BCUT2D eigenvalue weighted by atomic mass is 16.5. The summed E-state index contributed by atoms with van der Waals surface area (Å²) in [6.07, 6.45) is 5.75. The maximum atomic E-state index is 11.6. The molecule has 0 amide bonds. The first-order chi connectivity index (χ1) is 14.5. The van der Waals surface area contributed by atoms with Crippen molar-refractivity contribution in [3.8, 4) is 11.5 Å². The number of benzene rings is 1. The van der Waals surface area contributed by atoms with E-state index < -0.39 is 6.10 Å². The summed E-state index contributed by atoms with van der Waals surface area (Å²) in [6, 6.07) is 5.71. The summed E-state index contributed by atoms with van der Waals surface area (Å²) in [5, 5.41) is 10.4. The van der Waals surface area contributed by atoms with Crippen molar-refractivity contribution in [3.05, 3.63) is 23.8 Å². The minimum atomic E-state index is -0.537. The number of hydrogen-bond donors (Lipinski definition) is 1. The fourth-order valence-electron chi connectivity index (χ4n) is 3.76. The molecule has 0 radical (unpaired) electrons. The van der Waals surface area contributed by atoms with Crippen LogP contribution >= 0.6 is 0 Å². The topological polar surface area (TPSA) is 71.5 Å². The second kappa shape index (κ2) is 13.5. The van der Waals surface area contributed by atoms with Gasteiger partial charge in [-0.1, -0.05) is 25.3 Å². The first-order valence-electron chi connectivity index (χ1n) is 11.1. The van der Waals surface area contributed by atoms with E-state index in [0.717, 1.165) is 18.7 Å². The lowest BCUT2D eigenvalue weighted by molar-refractivity contribution is -0.144. The SMILES string of the molecule is CCOC(=O)CN(C)Cc1ccc(OCC(O)CN2CCCCCCC2)c(OC)c1. The highest BCUT2D eigenvalue weighted by molar-refractivity contribution is 5.71. The maximum Gasteiger partial charge on any atom is 0.320 e. The van der Waals surface area contributed by atoms with Crippen LogP contribution in [0.2, 0.25) is 0 Å². The molecule has 0 aliphatic carbocycles. The molecule has 1 aliphatic rings. The number of carbonyl (C=O) groups is 1. The number of aliphatic hydroxyl groups is 1. The molecule has 7 nitrogen and oxygen atoms in total. The Morgan fingerprint density at radius 1 is 1.17 bits per heavy atom. The smallest absolute Gasteiger partial charge is 0.320 e. The molecule has 1 fully saturated rings. The van der Waals surface area contributed by atoms with Crippen molar-refractivity contribution < 1.29 is 24.1 Å². The predicted molar refractivity (Wildman–Crippen MR) is 117 cm³/mol. The lowest BCUT2D eigenvalue weighted by Gasteiger charge is -2.26. The molecule has 0 aromatic heterocycles. The van der Waals surface area contributed by atoms with Crippen molar-refractivity contribution >= 4 is 5.97 Å². The summed E-state index contributed by atoms with van der Waals surface area (Å²) < 4.78 is 16.3. The van der Waals surface area contributed by atoms with Crippen LogP contribution < -0.4 is 9.47 Å². The van der Waals surface area contributed by atoms with Gasteiger partial charge in [0, 0.05) is 13.1 Å². The summed E-state index contributed by atoms with van der Waals surface area (Å²) in [7, 11) is 3.47. The first kappa shape index (κ1) is 24.4. The Morgan fingerprint density at radius 2 is 1.87 bits per heavy atom. The predicted octanol–water partition coefficient (Wildman–Crippen LogP) is 2.70. The van der Waals surface area contributed by atoms with Gasteiger partial charge in [-0.2, -0.15) is 0 Å².